The molecule has 2 amide bonds. The molecule has 2 aromatic rings. The second-order valence-corrected chi connectivity index (χ2v) is 7.96. The van der Waals surface area contributed by atoms with Crippen molar-refractivity contribution in [3.63, 3.8) is 0 Å². The molecule has 10 heteroatoms. The number of carboxylic acids is 1. The zero-order valence-electron chi connectivity index (χ0n) is 15.8. The largest absolute Gasteiger partial charge is 0.478 e. The monoisotopic (exact) mass is 444 g/mol. The molecule has 30 heavy (non-hydrogen) atoms. The van der Waals surface area contributed by atoms with Crippen LogP contribution in [0.3, 0.4) is 0 Å². The van der Waals surface area contributed by atoms with Gasteiger partial charge in [-0.3, -0.25) is 9.59 Å². The maximum Gasteiger partial charge on any atom is 0.335 e. The molecule has 1 heterocycles. The number of hydrogen-bond donors (Lipinski definition) is 3. The Hall–Kier alpha value is -3.17. The minimum absolute atomic E-state index is 0.0113. The summed E-state index contributed by atoms with van der Waals surface area (Å²) in [5, 5.41) is 22.5. The number of nitrogens with one attached hydrogen (secondary N) is 2. The van der Waals surface area contributed by atoms with Gasteiger partial charge >= 0.3 is 5.97 Å². The van der Waals surface area contributed by atoms with Gasteiger partial charge in [0.05, 0.1) is 11.3 Å². The first-order valence-corrected chi connectivity index (χ1v) is 10.1. The molecule has 154 valence electrons. The fourth-order valence-electron chi connectivity index (χ4n) is 2.53. The van der Waals surface area contributed by atoms with E-state index in [4.69, 9.17) is 16.7 Å². The van der Waals surface area contributed by atoms with E-state index < -0.39 is 11.2 Å². The summed E-state index contributed by atoms with van der Waals surface area (Å²) in [6.07, 6.45) is -0.0113. The van der Waals surface area contributed by atoms with E-state index >= 15 is 0 Å². The lowest BCUT2D eigenvalue weighted by molar-refractivity contribution is -0.123. The molecule has 0 radical (unpaired) electrons. The van der Waals surface area contributed by atoms with E-state index in [1.165, 1.54) is 24.3 Å². The molecule has 0 aromatic heterocycles. The lowest BCUT2D eigenvalue weighted by Crippen LogP contribution is -2.41. The highest BCUT2D eigenvalue weighted by Crippen LogP contribution is 2.23. The lowest BCUT2D eigenvalue weighted by atomic mass is 10.1. The van der Waals surface area contributed by atoms with E-state index in [1.54, 1.807) is 31.2 Å². The number of hydrogen-bond acceptors (Lipinski definition) is 6. The van der Waals surface area contributed by atoms with Crippen molar-refractivity contribution in [3.8, 4) is 0 Å². The Morgan fingerprint density at radius 1 is 1.13 bits per heavy atom. The molecule has 1 saturated heterocycles. The number of carbonyl (C=O) groups excluding carboxylic acids is 2. The number of benzene rings is 2. The molecule has 1 fully saturated rings. The standard InChI is InChI=1S/C20H17ClN4O4S/c1-11(12-2-6-14(21)7-3-12)24-25-20-23-17(26)10-16(30-20)18(27)22-15-8-4-13(5-9-15)19(28)29/h2-9,16H,10H2,1H3,(H,22,27)(H,28,29)(H,23,25,26)/b24-11-/t16-/m0/s1. The lowest BCUT2D eigenvalue weighted by Gasteiger charge is -2.21. The Kier molecular flexibility index (Phi) is 6.86. The van der Waals surface area contributed by atoms with Crippen LogP contribution in [0.2, 0.25) is 5.02 Å². The Balaban J connectivity index is 1.68. The van der Waals surface area contributed by atoms with Gasteiger partial charge in [-0.25, -0.2) is 4.79 Å². The van der Waals surface area contributed by atoms with Crippen LogP contribution in [0.5, 0.6) is 0 Å². The Morgan fingerprint density at radius 3 is 2.40 bits per heavy atom. The summed E-state index contributed by atoms with van der Waals surface area (Å²) in [6.45, 7) is 1.77. The quantitative estimate of drug-likeness (QED) is 0.482. The van der Waals surface area contributed by atoms with Gasteiger partial charge in [0.1, 0.15) is 5.25 Å². The summed E-state index contributed by atoms with van der Waals surface area (Å²) in [5.74, 6) is -1.78. The van der Waals surface area contributed by atoms with Crippen LogP contribution in [-0.2, 0) is 9.59 Å². The Labute approximate surface area is 181 Å². The van der Waals surface area contributed by atoms with E-state index in [0.717, 1.165) is 17.3 Å². The molecule has 0 spiro atoms. The van der Waals surface area contributed by atoms with Crippen LogP contribution in [0.4, 0.5) is 5.69 Å². The molecule has 3 rings (SSSR count). The van der Waals surface area contributed by atoms with Gasteiger partial charge < -0.3 is 15.7 Å². The summed E-state index contributed by atoms with van der Waals surface area (Å²) in [6, 6.07) is 12.8. The number of aromatic carboxylic acids is 1. The van der Waals surface area contributed by atoms with E-state index in [0.29, 0.717) is 16.4 Å². The number of amides is 2. The third-order valence-electron chi connectivity index (χ3n) is 4.12. The van der Waals surface area contributed by atoms with Crippen LogP contribution >= 0.6 is 23.4 Å². The van der Waals surface area contributed by atoms with Crippen LogP contribution in [0.15, 0.2) is 58.7 Å². The zero-order valence-corrected chi connectivity index (χ0v) is 17.3. The van der Waals surface area contributed by atoms with E-state index in [2.05, 4.69) is 20.8 Å². The van der Waals surface area contributed by atoms with Gasteiger partial charge in [0, 0.05) is 17.1 Å². The van der Waals surface area contributed by atoms with Crippen LogP contribution in [0.25, 0.3) is 0 Å². The van der Waals surface area contributed by atoms with Gasteiger partial charge in [-0.1, -0.05) is 35.5 Å². The summed E-state index contributed by atoms with van der Waals surface area (Å²) in [5.41, 5.74) is 2.00. The van der Waals surface area contributed by atoms with Crippen molar-refractivity contribution in [2.24, 2.45) is 10.2 Å². The van der Waals surface area contributed by atoms with Gasteiger partial charge in [0.25, 0.3) is 0 Å². The maximum atomic E-state index is 12.5. The van der Waals surface area contributed by atoms with E-state index in [1.807, 2.05) is 0 Å². The molecule has 1 atom stereocenters. The van der Waals surface area contributed by atoms with Crippen LogP contribution in [-0.4, -0.2) is 39.0 Å². The van der Waals surface area contributed by atoms with Gasteiger partial charge in [-0.15, -0.1) is 5.10 Å². The van der Waals surface area contributed by atoms with Crippen molar-refractivity contribution in [2.45, 2.75) is 18.6 Å². The minimum atomic E-state index is -1.05. The number of carboxylic acid groups (broad SMARTS) is 1. The van der Waals surface area contributed by atoms with Crippen molar-refractivity contribution in [1.82, 2.24) is 5.32 Å². The van der Waals surface area contributed by atoms with Gasteiger partial charge in [-0.2, -0.15) is 5.10 Å². The molecular formula is C20H17ClN4O4S. The number of halogens is 1. The van der Waals surface area contributed by atoms with E-state index in [9.17, 15) is 14.4 Å². The van der Waals surface area contributed by atoms with Crippen LogP contribution < -0.4 is 10.6 Å². The molecule has 0 aliphatic carbocycles. The third kappa shape index (κ3) is 5.68. The van der Waals surface area contributed by atoms with Crippen molar-refractivity contribution in [1.29, 1.82) is 0 Å². The summed E-state index contributed by atoms with van der Waals surface area (Å²) in [7, 11) is 0. The van der Waals surface area contributed by atoms with Crippen molar-refractivity contribution >= 4 is 57.7 Å². The van der Waals surface area contributed by atoms with E-state index in [-0.39, 0.29) is 29.0 Å². The third-order valence-corrected chi connectivity index (χ3v) is 5.44. The fraction of sp³-hybridized carbons (Fsp3) is 0.150. The molecule has 8 nitrogen and oxygen atoms in total. The second kappa shape index (κ2) is 9.55. The van der Waals surface area contributed by atoms with Gasteiger partial charge in [0.15, 0.2) is 5.17 Å². The van der Waals surface area contributed by atoms with Gasteiger partial charge in [0.2, 0.25) is 11.8 Å². The predicted octanol–water partition coefficient (Wildman–Crippen LogP) is 3.38. The number of nitrogens with zero attached hydrogens (tertiary/aromatic N) is 2. The van der Waals surface area contributed by atoms with Crippen molar-refractivity contribution < 1.29 is 19.5 Å². The van der Waals surface area contributed by atoms with Gasteiger partial charge in [-0.05, 0) is 48.9 Å². The second-order valence-electron chi connectivity index (χ2n) is 6.33. The summed E-state index contributed by atoms with van der Waals surface area (Å²) < 4.78 is 0. The van der Waals surface area contributed by atoms with Crippen molar-refractivity contribution in [3.05, 3.63) is 64.7 Å². The molecule has 2 aromatic carbocycles. The summed E-state index contributed by atoms with van der Waals surface area (Å²) >= 11 is 6.97. The SMILES string of the molecule is C/C(=N/N=C1/NC(=O)C[C@@H](C(=O)Nc2ccc(C(=O)O)cc2)S1)c1ccc(Cl)cc1. The number of thioether (sulfide) groups is 1. The zero-order chi connectivity index (χ0) is 21.7. The molecule has 3 N–H and O–H groups in total. The highest BCUT2D eigenvalue weighted by molar-refractivity contribution is 8.15. The first-order chi connectivity index (χ1) is 14.3. The average Bonchev–Trinajstić information content (AvgIpc) is 2.72. The highest BCUT2D eigenvalue weighted by atomic mass is 35.5. The molecular weight excluding hydrogens is 428 g/mol. The maximum absolute atomic E-state index is 12.5. The first kappa shape index (κ1) is 21.5. The molecule has 1 aliphatic heterocycles. The molecule has 0 bridgehead atoms. The van der Waals surface area contributed by atoms with Crippen LogP contribution in [0.1, 0.15) is 29.3 Å². The smallest absolute Gasteiger partial charge is 0.335 e. The van der Waals surface area contributed by atoms with Crippen molar-refractivity contribution in [2.75, 3.05) is 5.32 Å². The molecule has 0 unspecified atom stereocenters. The molecule has 1 aliphatic rings. The number of rotatable bonds is 5. The fourth-order valence-corrected chi connectivity index (χ4v) is 3.58. The predicted molar refractivity (Wildman–Crippen MR) is 117 cm³/mol. The highest BCUT2D eigenvalue weighted by Gasteiger charge is 2.30. The summed E-state index contributed by atoms with van der Waals surface area (Å²) in [4.78, 5) is 35.4. The Morgan fingerprint density at radius 2 is 1.77 bits per heavy atom. The minimum Gasteiger partial charge on any atom is -0.478 e. The average molecular weight is 445 g/mol. The number of anilines is 1. The number of amidine groups is 1. The normalized spacial score (nSPS) is 18.1. The molecule has 0 saturated carbocycles. The first-order valence-electron chi connectivity index (χ1n) is 8.81. The Bertz CT molecular complexity index is 1040. The van der Waals surface area contributed by atoms with Crippen LogP contribution in [0, 0.1) is 0 Å². The topological polar surface area (TPSA) is 120 Å². The number of carbonyl (C=O) groups is 3.